The quantitative estimate of drug-likeness (QED) is 0.847. The van der Waals surface area contributed by atoms with Crippen molar-refractivity contribution in [1.29, 1.82) is 0 Å². The van der Waals surface area contributed by atoms with Gasteiger partial charge in [0.05, 0.1) is 5.69 Å². The van der Waals surface area contributed by atoms with Crippen LogP contribution in [0.3, 0.4) is 0 Å². The molecule has 2 N–H and O–H groups in total. The minimum atomic E-state index is -0.765. The maximum atomic E-state index is 11.3. The summed E-state index contributed by atoms with van der Waals surface area (Å²) in [6.07, 6.45) is 2.00. The summed E-state index contributed by atoms with van der Waals surface area (Å²) in [5.74, 6) is -0.765. The maximum Gasteiger partial charge on any atom is 0.322 e. The van der Waals surface area contributed by atoms with E-state index in [1.165, 1.54) is 0 Å². The van der Waals surface area contributed by atoms with Crippen LogP contribution < -0.4 is 5.32 Å². The van der Waals surface area contributed by atoms with E-state index in [-0.39, 0.29) is 5.41 Å². The van der Waals surface area contributed by atoms with E-state index in [4.69, 9.17) is 0 Å². The number of nitrogens with one attached hydrogen (secondary N) is 1. The smallest absolute Gasteiger partial charge is 0.322 e. The molecule has 0 spiro atoms. The van der Waals surface area contributed by atoms with Gasteiger partial charge < -0.3 is 10.4 Å². The highest BCUT2D eigenvalue weighted by Crippen LogP contribution is 2.25. The highest BCUT2D eigenvalue weighted by Gasteiger charge is 2.30. The molecule has 1 unspecified atom stereocenters. The molecule has 1 aromatic rings. The lowest BCUT2D eigenvalue weighted by molar-refractivity contribution is -0.144. The van der Waals surface area contributed by atoms with Gasteiger partial charge in [0.1, 0.15) is 6.04 Å². The van der Waals surface area contributed by atoms with Crippen molar-refractivity contribution in [2.75, 3.05) is 19.6 Å². The standard InChI is InChI=1S/C14H24N4O2/c1-14(2,3)12-10(8-17(4)16-12)9-18-6-5-15-7-11(18)13(19)20/h8,11,15H,5-7,9H2,1-4H3,(H,19,20). The highest BCUT2D eigenvalue weighted by molar-refractivity contribution is 5.74. The van der Waals surface area contributed by atoms with Gasteiger partial charge in [-0.25, -0.2) is 0 Å². The second kappa shape index (κ2) is 5.54. The highest BCUT2D eigenvalue weighted by atomic mass is 16.4. The van der Waals surface area contributed by atoms with Crippen LogP contribution in [0, 0.1) is 0 Å². The van der Waals surface area contributed by atoms with Crippen molar-refractivity contribution in [3.05, 3.63) is 17.5 Å². The molecule has 20 heavy (non-hydrogen) atoms. The summed E-state index contributed by atoms with van der Waals surface area (Å²) in [6.45, 7) is 9.10. The van der Waals surface area contributed by atoms with Crippen molar-refractivity contribution in [3.8, 4) is 0 Å². The van der Waals surface area contributed by atoms with Crippen molar-refractivity contribution in [2.45, 2.75) is 38.8 Å². The average Bonchev–Trinajstić information content (AvgIpc) is 2.70. The van der Waals surface area contributed by atoms with E-state index in [1.54, 1.807) is 0 Å². The Bertz CT molecular complexity index is 490. The van der Waals surface area contributed by atoms with Crippen molar-refractivity contribution in [3.63, 3.8) is 0 Å². The normalized spacial score (nSPS) is 21.1. The molecule has 2 heterocycles. The Balaban J connectivity index is 2.22. The van der Waals surface area contributed by atoms with E-state index in [2.05, 4.69) is 31.2 Å². The molecular formula is C14H24N4O2. The van der Waals surface area contributed by atoms with Crippen LogP contribution in [0.2, 0.25) is 0 Å². The monoisotopic (exact) mass is 280 g/mol. The Morgan fingerprint density at radius 2 is 2.25 bits per heavy atom. The predicted octanol–water partition coefficient (Wildman–Crippen LogP) is 0.576. The van der Waals surface area contributed by atoms with Crippen LogP contribution in [-0.4, -0.2) is 51.4 Å². The first-order chi connectivity index (χ1) is 9.29. The van der Waals surface area contributed by atoms with E-state index in [1.807, 2.05) is 22.8 Å². The van der Waals surface area contributed by atoms with Crippen LogP contribution >= 0.6 is 0 Å². The van der Waals surface area contributed by atoms with Gasteiger partial charge >= 0.3 is 5.97 Å². The zero-order chi connectivity index (χ0) is 14.9. The molecule has 2 rings (SSSR count). The fourth-order valence-electron chi connectivity index (χ4n) is 2.68. The Labute approximate surface area is 119 Å². The fourth-order valence-corrected chi connectivity index (χ4v) is 2.68. The zero-order valence-electron chi connectivity index (χ0n) is 12.7. The van der Waals surface area contributed by atoms with Gasteiger partial charge in [0, 0.05) is 50.4 Å². The molecule has 0 saturated carbocycles. The fraction of sp³-hybridized carbons (Fsp3) is 0.714. The lowest BCUT2D eigenvalue weighted by Gasteiger charge is -2.33. The van der Waals surface area contributed by atoms with Crippen LogP contribution in [0.1, 0.15) is 32.0 Å². The second-order valence-corrected chi connectivity index (χ2v) is 6.46. The number of carboxylic acid groups (broad SMARTS) is 1. The summed E-state index contributed by atoms with van der Waals surface area (Å²) < 4.78 is 1.81. The predicted molar refractivity (Wildman–Crippen MR) is 76.6 cm³/mol. The van der Waals surface area contributed by atoms with Gasteiger partial charge in [-0.2, -0.15) is 5.10 Å². The first kappa shape index (κ1) is 15.0. The van der Waals surface area contributed by atoms with Gasteiger partial charge in [-0.15, -0.1) is 0 Å². The number of aryl methyl sites for hydroxylation is 1. The van der Waals surface area contributed by atoms with E-state index in [0.29, 0.717) is 13.1 Å². The minimum absolute atomic E-state index is 0.0383. The van der Waals surface area contributed by atoms with Gasteiger partial charge in [-0.1, -0.05) is 20.8 Å². The third-order valence-electron chi connectivity index (χ3n) is 3.63. The largest absolute Gasteiger partial charge is 0.480 e. The number of piperazine rings is 1. The van der Waals surface area contributed by atoms with Crippen molar-refractivity contribution < 1.29 is 9.90 Å². The molecule has 0 amide bonds. The topological polar surface area (TPSA) is 70.4 Å². The van der Waals surface area contributed by atoms with Crippen LogP contribution in [0.5, 0.6) is 0 Å². The first-order valence-corrected chi connectivity index (χ1v) is 6.99. The molecule has 6 nitrogen and oxygen atoms in total. The number of carbonyl (C=O) groups is 1. The van der Waals surface area contributed by atoms with Gasteiger partial charge in [0.15, 0.2) is 0 Å². The summed E-state index contributed by atoms with van der Waals surface area (Å²) in [5.41, 5.74) is 2.12. The number of hydrogen-bond donors (Lipinski definition) is 2. The molecular weight excluding hydrogens is 256 g/mol. The van der Waals surface area contributed by atoms with Gasteiger partial charge in [-0.3, -0.25) is 14.4 Å². The summed E-state index contributed by atoms with van der Waals surface area (Å²) in [4.78, 5) is 13.4. The molecule has 1 atom stereocenters. The number of rotatable bonds is 3. The van der Waals surface area contributed by atoms with Gasteiger partial charge in [0.2, 0.25) is 0 Å². The number of carboxylic acids is 1. The Morgan fingerprint density at radius 3 is 2.85 bits per heavy atom. The molecule has 0 aliphatic carbocycles. The van der Waals surface area contributed by atoms with Gasteiger partial charge in [-0.05, 0) is 0 Å². The average molecular weight is 280 g/mol. The minimum Gasteiger partial charge on any atom is -0.480 e. The molecule has 1 aromatic heterocycles. The third kappa shape index (κ3) is 3.19. The molecule has 112 valence electrons. The SMILES string of the molecule is Cn1cc(CN2CCNCC2C(=O)O)c(C(C)(C)C)n1. The van der Waals surface area contributed by atoms with E-state index in [9.17, 15) is 9.90 Å². The summed E-state index contributed by atoms with van der Waals surface area (Å²) >= 11 is 0. The Hall–Kier alpha value is -1.40. The molecule has 1 fully saturated rings. The van der Waals surface area contributed by atoms with Crippen LogP contribution in [0.25, 0.3) is 0 Å². The van der Waals surface area contributed by atoms with Crippen molar-refractivity contribution in [2.24, 2.45) is 7.05 Å². The van der Waals surface area contributed by atoms with E-state index in [0.717, 1.165) is 24.3 Å². The van der Waals surface area contributed by atoms with Gasteiger partial charge in [0.25, 0.3) is 0 Å². The maximum absolute atomic E-state index is 11.3. The second-order valence-electron chi connectivity index (χ2n) is 6.46. The first-order valence-electron chi connectivity index (χ1n) is 6.99. The molecule has 1 aliphatic heterocycles. The molecule has 1 saturated heterocycles. The lowest BCUT2D eigenvalue weighted by atomic mass is 9.89. The molecule has 6 heteroatoms. The lowest BCUT2D eigenvalue weighted by Crippen LogP contribution is -2.54. The zero-order valence-corrected chi connectivity index (χ0v) is 12.7. The Morgan fingerprint density at radius 1 is 1.55 bits per heavy atom. The molecule has 0 aromatic carbocycles. The summed E-state index contributed by atoms with van der Waals surface area (Å²) in [6, 6.07) is -0.461. The summed E-state index contributed by atoms with van der Waals surface area (Å²) in [7, 11) is 1.91. The summed E-state index contributed by atoms with van der Waals surface area (Å²) in [5, 5.41) is 17.0. The third-order valence-corrected chi connectivity index (χ3v) is 3.63. The number of aromatic nitrogens is 2. The number of hydrogen-bond acceptors (Lipinski definition) is 4. The van der Waals surface area contributed by atoms with E-state index >= 15 is 0 Å². The molecule has 1 aliphatic rings. The Kier molecular flexibility index (Phi) is 4.15. The molecule has 0 radical (unpaired) electrons. The molecule has 0 bridgehead atoms. The van der Waals surface area contributed by atoms with Crippen LogP contribution in [0.4, 0.5) is 0 Å². The van der Waals surface area contributed by atoms with E-state index < -0.39 is 12.0 Å². The van der Waals surface area contributed by atoms with Crippen molar-refractivity contribution in [1.82, 2.24) is 20.0 Å². The van der Waals surface area contributed by atoms with Crippen LogP contribution in [-0.2, 0) is 23.8 Å². The van der Waals surface area contributed by atoms with Crippen molar-refractivity contribution >= 4 is 5.97 Å². The number of aliphatic carboxylic acids is 1. The number of nitrogens with zero attached hydrogens (tertiary/aromatic N) is 3. The van der Waals surface area contributed by atoms with Crippen LogP contribution in [0.15, 0.2) is 6.20 Å².